The predicted octanol–water partition coefficient (Wildman–Crippen LogP) is 2.62. The van der Waals surface area contributed by atoms with E-state index in [1.807, 2.05) is 11.3 Å². The standard InChI is InChI=1S/C12H15N3S/c1-7-14-11(13)10-8-5-3-2-4-6-9(8)16-12(10)15-7/h15H,1-6H2,(H2,13,14). The third-order valence-corrected chi connectivity index (χ3v) is 4.40. The maximum atomic E-state index is 6.01. The van der Waals surface area contributed by atoms with Crippen molar-refractivity contribution in [1.29, 1.82) is 0 Å². The van der Waals surface area contributed by atoms with Gasteiger partial charge in [-0.3, -0.25) is 0 Å². The van der Waals surface area contributed by atoms with E-state index in [4.69, 9.17) is 5.73 Å². The Morgan fingerprint density at radius 2 is 2.06 bits per heavy atom. The van der Waals surface area contributed by atoms with Gasteiger partial charge in [-0.25, -0.2) is 4.99 Å². The number of thiophene rings is 1. The van der Waals surface area contributed by atoms with Gasteiger partial charge in [0.15, 0.2) is 0 Å². The average molecular weight is 233 g/mol. The molecule has 0 bridgehead atoms. The SMILES string of the molecule is C=C1N=C(N)c2c(sc3c2CCCCC3)N1. The highest BCUT2D eigenvalue weighted by Gasteiger charge is 2.24. The molecule has 0 radical (unpaired) electrons. The normalized spacial score (nSPS) is 19.2. The van der Waals surface area contributed by atoms with Gasteiger partial charge < -0.3 is 11.1 Å². The zero-order valence-electron chi connectivity index (χ0n) is 9.18. The van der Waals surface area contributed by atoms with Crippen molar-refractivity contribution in [2.75, 3.05) is 5.32 Å². The summed E-state index contributed by atoms with van der Waals surface area (Å²) >= 11 is 1.83. The molecule has 2 aliphatic rings. The molecule has 0 amide bonds. The fraction of sp³-hybridized carbons (Fsp3) is 0.417. The topological polar surface area (TPSA) is 50.4 Å². The molecule has 0 saturated carbocycles. The lowest BCUT2D eigenvalue weighted by molar-refractivity contribution is 0.712. The Morgan fingerprint density at radius 3 is 2.94 bits per heavy atom. The Balaban J connectivity index is 2.14. The summed E-state index contributed by atoms with van der Waals surface area (Å²) in [7, 11) is 0. The molecule has 1 aromatic heterocycles. The molecule has 2 heterocycles. The van der Waals surface area contributed by atoms with Crippen molar-refractivity contribution in [1.82, 2.24) is 0 Å². The van der Waals surface area contributed by atoms with E-state index in [0.29, 0.717) is 11.7 Å². The molecular weight excluding hydrogens is 218 g/mol. The third-order valence-electron chi connectivity index (χ3n) is 3.19. The maximum Gasteiger partial charge on any atom is 0.136 e. The molecule has 0 unspecified atom stereocenters. The Morgan fingerprint density at radius 1 is 1.25 bits per heavy atom. The lowest BCUT2D eigenvalue weighted by Crippen LogP contribution is -2.21. The number of nitrogens with two attached hydrogens (primary N) is 1. The van der Waals surface area contributed by atoms with Crippen molar-refractivity contribution in [2.45, 2.75) is 32.1 Å². The van der Waals surface area contributed by atoms with Crippen molar-refractivity contribution in [2.24, 2.45) is 10.7 Å². The maximum absolute atomic E-state index is 6.01. The van der Waals surface area contributed by atoms with E-state index in [0.717, 1.165) is 17.0 Å². The fourth-order valence-corrected chi connectivity index (χ4v) is 3.78. The molecule has 3 N–H and O–H groups in total. The molecule has 4 heteroatoms. The van der Waals surface area contributed by atoms with Gasteiger partial charge in [-0.1, -0.05) is 13.0 Å². The first kappa shape index (κ1) is 9.90. The summed E-state index contributed by atoms with van der Waals surface area (Å²) in [5, 5.41) is 4.37. The van der Waals surface area contributed by atoms with Gasteiger partial charge in [0.05, 0.1) is 5.56 Å². The summed E-state index contributed by atoms with van der Waals surface area (Å²) in [5.74, 6) is 1.29. The monoisotopic (exact) mass is 233 g/mol. The molecular formula is C12H15N3S. The van der Waals surface area contributed by atoms with E-state index in [1.165, 1.54) is 36.1 Å². The van der Waals surface area contributed by atoms with Crippen LogP contribution in [0, 0.1) is 0 Å². The first-order valence-electron chi connectivity index (χ1n) is 5.70. The van der Waals surface area contributed by atoms with Crippen LogP contribution in [0.2, 0.25) is 0 Å². The van der Waals surface area contributed by atoms with Gasteiger partial charge in [-0.2, -0.15) is 0 Å². The largest absolute Gasteiger partial charge is 0.383 e. The lowest BCUT2D eigenvalue weighted by Gasteiger charge is -2.14. The van der Waals surface area contributed by atoms with Gasteiger partial charge in [0.2, 0.25) is 0 Å². The number of hydrogen-bond acceptors (Lipinski definition) is 4. The van der Waals surface area contributed by atoms with Crippen LogP contribution in [0.3, 0.4) is 0 Å². The van der Waals surface area contributed by atoms with Gasteiger partial charge in [0.1, 0.15) is 16.7 Å². The summed E-state index contributed by atoms with van der Waals surface area (Å²) < 4.78 is 0. The minimum Gasteiger partial charge on any atom is -0.383 e. The average Bonchev–Trinajstić information content (AvgIpc) is 2.42. The highest BCUT2D eigenvalue weighted by atomic mass is 32.1. The first-order valence-corrected chi connectivity index (χ1v) is 6.52. The summed E-state index contributed by atoms with van der Waals surface area (Å²) in [4.78, 5) is 5.72. The van der Waals surface area contributed by atoms with Gasteiger partial charge in [-0.15, -0.1) is 11.3 Å². The zero-order chi connectivity index (χ0) is 11.1. The minimum atomic E-state index is 0.637. The number of nitrogens with zero attached hydrogens (tertiary/aromatic N) is 1. The van der Waals surface area contributed by atoms with E-state index in [9.17, 15) is 0 Å². The van der Waals surface area contributed by atoms with Crippen LogP contribution in [-0.2, 0) is 12.8 Å². The van der Waals surface area contributed by atoms with Gasteiger partial charge >= 0.3 is 0 Å². The van der Waals surface area contributed by atoms with Crippen LogP contribution >= 0.6 is 11.3 Å². The summed E-state index contributed by atoms with van der Waals surface area (Å²) in [6, 6.07) is 0. The lowest BCUT2D eigenvalue weighted by atomic mass is 10.0. The molecule has 3 nitrogen and oxygen atoms in total. The summed E-state index contributed by atoms with van der Waals surface area (Å²) in [6.07, 6.45) is 6.22. The number of nitrogens with one attached hydrogen (secondary N) is 1. The Hall–Kier alpha value is -1.29. The minimum absolute atomic E-state index is 0.637. The number of anilines is 1. The highest BCUT2D eigenvalue weighted by molar-refractivity contribution is 7.16. The fourth-order valence-electron chi connectivity index (χ4n) is 2.46. The second-order valence-corrected chi connectivity index (χ2v) is 5.44. The highest BCUT2D eigenvalue weighted by Crippen LogP contribution is 2.39. The second-order valence-electron chi connectivity index (χ2n) is 4.34. The molecule has 0 fully saturated rings. The number of hydrogen-bond donors (Lipinski definition) is 2. The summed E-state index contributed by atoms with van der Waals surface area (Å²) in [6.45, 7) is 3.82. The summed E-state index contributed by atoms with van der Waals surface area (Å²) in [5.41, 5.74) is 8.59. The van der Waals surface area contributed by atoms with Crippen LogP contribution in [0.15, 0.2) is 17.4 Å². The number of fused-ring (bicyclic) bond motifs is 3. The smallest absolute Gasteiger partial charge is 0.136 e. The van der Waals surface area contributed by atoms with Crippen molar-refractivity contribution in [3.63, 3.8) is 0 Å². The predicted molar refractivity (Wildman–Crippen MR) is 69.1 cm³/mol. The zero-order valence-corrected chi connectivity index (χ0v) is 9.99. The van der Waals surface area contributed by atoms with Crippen LogP contribution in [-0.4, -0.2) is 5.84 Å². The van der Waals surface area contributed by atoms with Crippen LogP contribution < -0.4 is 11.1 Å². The van der Waals surface area contributed by atoms with E-state index in [1.54, 1.807) is 0 Å². The van der Waals surface area contributed by atoms with E-state index < -0.39 is 0 Å². The van der Waals surface area contributed by atoms with Crippen LogP contribution in [0.5, 0.6) is 0 Å². The molecule has 84 valence electrons. The van der Waals surface area contributed by atoms with Crippen molar-refractivity contribution >= 4 is 22.2 Å². The van der Waals surface area contributed by atoms with Crippen molar-refractivity contribution in [3.05, 3.63) is 28.4 Å². The Kier molecular flexibility index (Phi) is 2.24. The van der Waals surface area contributed by atoms with E-state index in [-0.39, 0.29) is 0 Å². The van der Waals surface area contributed by atoms with Crippen molar-refractivity contribution < 1.29 is 0 Å². The molecule has 0 aromatic carbocycles. The Labute approximate surface area is 99.1 Å². The second kappa shape index (κ2) is 3.63. The van der Waals surface area contributed by atoms with E-state index >= 15 is 0 Å². The van der Waals surface area contributed by atoms with Crippen molar-refractivity contribution in [3.8, 4) is 0 Å². The molecule has 1 aliphatic carbocycles. The quantitative estimate of drug-likeness (QED) is 0.677. The first-order chi connectivity index (χ1) is 7.75. The molecule has 0 spiro atoms. The number of aliphatic imine (C=N–C) groups is 1. The van der Waals surface area contributed by atoms with Crippen LogP contribution in [0.4, 0.5) is 5.00 Å². The number of rotatable bonds is 0. The number of aryl methyl sites for hydroxylation is 1. The van der Waals surface area contributed by atoms with E-state index in [2.05, 4.69) is 16.9 Å². The third kappa shape index (κ3) is 1.45. The van der Waals surface area contributed by atoms with Gasteiger partial charge in [0.25, 0.3) is 0 Å². The molecule has 0 saturated heterocycles. The molecule has 0 atom stereocenters. The van der Waals surface area contributed by atoms with Crippen LogP contribution in [0.25, 0.3) is 0 Å². The number of amidine groups is 1. The van der Waals surface area contributed by atoms with Crippen LogP contribution in [0.1, 0.15) is 35.3 Å². The molecule has 3 rings (SSSR count). The van der Waals surface area contributed by atoms with Gasteiger partial charge in [-0.05, 0) is 31.2 Å². The molecule has 16 heavy (non-hydrogen) atoms. The molecule has 1 aromatic rings. The van der Waals surface area contributed by atoms with Gasteiger partial charge in [0, 0.05) is 4.88 Å². The Bertz CT molecular complexity index is 485. The molecule has 1 aliphatic heterocycles.